The number of hydrogen-bond donors (Lipinski definition) is 0. The molecule has 2 aromatic carbocycles. The Bertz CT molecular complexity index is 931. The summed E-state index contributed by atoms with van der Waals surface area (Å²) in [6, 6.07) is 14.7. The number of carbonyl (C=O) groups excluding carboxylic acids is 1. The average Bonchev–Trinajstić information content (AvgIpc) is 3.16. The zero-order valence-corrected chi connectivity index (χ0v) is 17.5. The van der Waals surface area contributed by atoms with E-state index in [0.29, 0.717) is 19.8 Å². The number of morpholine rings is 1. The van der Waals surface area contributed by atoms with Crippen molar-refractivity contribution in [2.75, 3.05) is 32.8 Å². The largest absolute Gasteiger partial charge is 0.379 e. The number of hydrazone groups is 1. The Labute approximate surface area is 173 Å². The Morgan fingerprint density at radius 3 is 2.59 bits per heavy atom. The first-order valence-electron chi connectivity index (χ1n) is 10.4. The molecule has 2 aliphatic heterocycles. The highest BCUT2D eigenvalue weighted by Gasteiger charge is 2.34. The molecule has 1 fully saturated rings. The molecule has 2 heterocycles. The molecule has 0 unspecified atom stereocenters. The van der Waals surface area contributed by atoms with Crippen molar-refractivity contribution in [2.45, 2.75) is 33.2 Å². The van der Waals surface area contributed by atoms with Crippen LogP contribution in [0.5, 0.6) is 0 Å². The molecule has 5 heteroatoms. The summed E-state index contributed by atoms with van der Waals surface area (Å²) in [5, 5.41) is 6.60. The average molecular weight is 392 g/mol. The van der Waals surface area contributed by atoms with Crippen molar-refractivity contribution >= 4 is 11.6 Å². The predicted molar refractivity (Wildman–Crippen MR) is 115 cm³/mol. The van der Waals surface area contributed by atoms with Crippen LogP contribution in [0, 0.1) is 20.8 Å². The monoisotopic (exact) mass is 391 g/mol. The molecule has 1 saturated heterocycles. The molecule has 0 saturated carbocycles. The highest BCUT2D eigenvalue weighted by Crippen LogP contribution is 2.35. The van der Waals surface area contributed by atoms with Gasteiger partial charge in [0.2, 0.25) is 0 Å². The minimum Gasteiger partial charge on any atom is -0.379 e. The summed E-state index contributed by atoms with van der Waals surface area (Å²) < 4.78 is 5.42. The van der Waals surface area contributed by atoms with Gasteiger partial charge in [-0.25, -0.2) is 5.01 Å². The summed E-state index contributed by atoms with van der Waals surface area (Å²) in [5.74, 6) is 0.0560. The molecule has 0 aromatic heterocycles. The van der Waals surface area contributed by atoms with Gasteiger partial charge in [-0.3, -0.25) is 9.69 Å². The van der Waals surface area contributed by atoms with Gasteiger partial charge >= 0.3 is 0 Å². The number of nitrogens with zero attached hydrogens (tertiary/aromatic N) is 3. The topological polar surface area (TPSA) is 45.1 Å². The molecule has 0 bridgehead atoms. The second-order valence-corrected chi connectivity index (χ2v) is 8.07. The van der Waals surface area contributed by atoms with E-state index >= 15 is 0 Å². The smallest absolute Gasteiger partial charge is 0.257 e. The summed E-state index contributed by atoms with van der Waals surface area (Å²) in [6.07, 6.45) is 0.740. The van der Waals surface area contributed by atoms with Crippen LogP contribution in [0.2, 0.25) is 0 Å². The van der Waals surface area contributed by atoms with E-state index < -0.39 is 0 Å². The van der Waals surface area contributed by atoms with Gasteiger partial charge < -0.3 is 4.74 Å². The van der Waals surface area contributed by atoms with Crippen LogP contribution >= 0.6 is 0 Å². The number of hydrogen-bond acceptors (Lipinski definition) is 4. The van der Waals surface area contributed by atoms with Gasteiger partial charge in [0, 0.05) is 25.1 Å². The Balaban J connectivity index is 1.66. The summed E-state index contributed by atoms with van der Waals surface area (Å²) in [7, 11) is 0. The van der Waals surface area contributed by atoms with Crippen LogP contribution < -0.4 is 0 Å². The maximum absolute atomic E-state index is 13.3. The lowest BCUT2D eigenvalue weighted by Crippen LogP contribution is -2.43. The third-order valence-corrected chi connectivity index (χ3v) is 5.88. The van der Waals surface area contributed by atoms with Crippen LogP contribution in [0.4, 0.5) is 0 Å². The second-order valence-electron chi connectivity index (χ2n) is 8.07. The van der Waals surface area contributed by atoms with Crippen LogP contribution in [0.1, 0.15) is 40.3 Å². The normalized spacial score (nSPS) is 20.0. The fourth-order valence-electron chi connectivity index (χ4n) is 4.18. The molecule has 2 aliphatic rings. The molecule has 2 aromatic rings. The van der Waals surface area contributed by atoms with Crippen LogP contribution in [-0.4, -0.2) is 54.4 Å². The van der Waals surface area contributed by atoms with E-state index in [9.17, 15) is 4.79 Å². The molecule has 5 nitrogen and oxygen atoms in total. The van der Waals surface area contributed by atoms with Crippen molar-refractivity contribution < 1.29 is 9.53 Å². The van der Waals surface area contributed by atoms with Gasteiger partial charge in [-0.05, 0) is 43.5 Å². The first-order valence-corrected chi connectivity index (χ1v) is 10.4. The first kappa shape index (κ1) is 19.8. The van der Waals surface area contributed by atoms with Crippen LogP contribution in [0.15, 0.2) is 47.6 Å². The van der Waals surface area contributed by atoms with Gasteiger partial charge in [-0.1, -0.05) is 42.0 Å². The molecule has 152 valence electrons. The molecular formula is C24H29N3O2. The van der Waals surface area contributed by atoms with Crippen LogP contribution in [0.3, 0.4) is 0 Å². The number of carbonyl (C=O) groups is 1. The number of amides is 1. The summed E-state index contributed by atoms with van der Waals surface area (Å²) in [4.78, 5) is 15.4. The third-order valence-electron chi connectivity index (χ3n) is 5.88. The van der Waals surface area contributed by atoms with Crippen molar-refractivity contribution in [1.82, 2.24) is 9.91 Å². The number of rotatable bonds is 4. The molecular weight excluding hydrogens is 362 g/mol. The highest BCUT2D eigenvalue weighted by molar-refractivity contribution is 6.04. The SMILES string of the molecule is Cc1ccc(C)c(C2=NN(C(=O)CN3CCOCC3)[C@H](c3ccccc3C)C2)c1. The van der Waals surface area contributed by atoms with Crippen LogP contribution in [-0.2, 0) is 9.53 Å². The zero-order chi connectivity index (χ0) is 20.4. The molecule has 4 rings (SSSR count). The van der Waals surface area contributed by atoms with E-state index in [-0.39, 0.29) is 11.9 Å². The minimum absolute atomic E-state index is 0.0559. The van der Waals surface area contributed by atoms with Crippen molar-refractivity contribution in [3.8, 4) is 0 Å². The van der Waals surface area contributed by atoms with E-state index in [2.05, 4.69) is 56.0 Å². The molecule has 1 atom stereocenters. The lowest BCUT2D eigenvalue weighted by Gasteiger charge is -2.29. The number of ether oxygens (including phenoxy) is 1. The van der Waals surface area contributed by atoms with Gasteiger partial charge in [-0.15, -0.1) is 0 Å². The number of aryl methyl sites for hydroxylation is 3. The van der Waals surface area contributed by atoms with Crippen molar-refractivity contribution in [3.05, 3.63) is 70.3 Å². The summed E-state index contributed by atoms with van der Waals surface area (Å²) in [6.45, 7) is 9.66. The highest BCUT2D eigenvalue weighted by atomic mass is 16.5. The van der Waals surface area contributed by atoms with E-state index in [0.717, 1.165) is 30.8 Å². The van der Waals surface area contributed by atoms with Crippen molar-refractivity contribution in [2.24, 2.45) is 5.10 Å². The standard InChI is InChI=1S/C24H29N3O2/c1-17-8-9-19(3)21(14-17)22-15-23(20-7-5-4-6-18(20)2)27(25-22)24(28)16-26-10-12-29-13-11-26/h4-9,14,23H,10-13,15-16H2,1-3H3/t23-/m0/s1. The molecule has 29 heavy (non-hydrogen) atoms. The summed E-state index contributed by atoms with van der Waals surface area (Å²) >= 11 is 0. The van der Waals surface area contributed by atoms with Crippen molar-refractivity contribution in [1.29, 1.82) is 0 Å². The molecule has 0 aliphatic carbocycles. The van der Waals surface area contributed by atoms with Gasteiger partial charge in [0.15, 0.2) is 0 Å². The minimum atomic E-state index is -0.0559. The van der Waals surface area contributed by atoms with E-state index in [4.69, 9.17) is 9.84 Å². The predicted octanol–water partition coefficient (Wildman–Crippen LogP) is 3.62. The fourth-order valence-corrected chi connectivity index (χ4v) is 4.18. The lowest BCUT2D eigenvalue weighted by atomic mass is 9.93. The first-order chi connectivity index (χ1) is 14.0. The molecule has 1 amide bonds. The quantitative estimate of drug-likeness (QED) is 0.800. The Morgan fingerprint density at radius 1 is 1.07 bits per heavy atom. The zero-order valence-electron chi connectivity index (χ0n) is 17.5. The van der Waals surface area contributed by atoms with Gasteiger partial charge in [0.1, 0.15) is 0 Å². The lowest BCUT2D eigenvalue weighted by molar-refractivity contribution is -0.135. The second kappa shape index (κ2) is 8.47. The third kappa shape index (κ3) is 4.26. The Hall–Kier alpha value is -2.50. The summed E-state index contributed by atoms with van der Waals surface area (Å²) in [5.41, 5.74) is 6.91. The van der Waals surface area contributed by atoms with E-state index in [1.807, 2.05) is 12.1 Å². The van der Waals surface area contributed by atoms with Gasteiger partial charge in [0.25, 0.3) is 5.91 Å². The molecule has 0 spiro atoms. The Morgan fingerprint density at radius 2 is 1.83 bits per heavy atom. The van der Waals surface area contributed by atoms with Gasteiger partial charge in [0.05, 0.1) is 31.5 Å². The Kier molecular flexibility index (Phi) is 5.79. The molecule has 0 N–H and O–H groups in total. The van der Waals surface area contributed by atoms with E-state index in [1.165, 1.54) is 22.3 Å². The van der Waals surface area contributed by atoms with Crippen LogP contribution in [0.25, 0.3) is 0 Å². The maximum atomic E-state index is 13.3. The maximum Gasteiger partial charge on any atom is 0.257 e. The van der Waals surface area contributed by atoms with Gasteiger partial charge in [-0.2, -0.15) is 5.10 Å². The van der Waals surface area contributed by atoms with Crippen molar-refractivity contribution in [3.63, 3.8) is 0 Å². The number of benzene rings is 2. The van der Waals surface area contributed by atoms with E-state index in [1.54, 1.807) is 5.01 Å². The fraction of sp³-hybridized carbons (Fsp3) is 0.417. The molecule has 0 radical (unpaired) electrons.